The van der Waals surface area contributed by atoms with E-state index in [0.717, 1.165) is 95.3 Å². The summed E-state index contributed by atoms with van der Waals surface area (Å²) in [5.74, 6) is 1.62. The molecule has 3 aromatic rings. The molecule has 0 aromatic carbocycles. The summed E-state index contributed by atoms with van der Waals surface area (Å²) in [7, 11) is 0. The number of aliphatic hydroxyl groups excluding tert-OH is 1. The van der Waals surface area contributed by atoms with E-state index in [9.17, 15) is 9.90 Å². The molecule has 11 heteroatoms. The fraction of sp³-hybridized carbons (Fsp3) is 0.667. The van der Waals surface area contributed by atoms with E-state index in [2.05, 4.69) is 40.0 Å². The number of rotatable bonds is 7. The van der Waals surface area contributed by atoms with Crippen LogP contribution in [0.1, 0.15) is 88.5 Å². The molecule has 2 fully saturated rings. The molecule has 0 bridgehead atoms. The molecule has 1 saturated heterocycles. The van der Waals surface area contributed by atoms with Crippen LogP contribution in [0.3, 0.4) is 0 Å². The normalized spacial score (nSPS) is 26.4. The van der Waals surface area contributed by atoms with Crippen molar-refractivity contribution in [3.05, 3.63) is 15.0 Å². The molecule has 1 aliphatic heterocycles. The third-order valence-electron chi connectivity index (χ3n) is 8.88. The van der Waals surface area contributed by atoms with Crippen LogP contribution in [0, 0.1) is 3.70 Å². The number of Topliss-reactive ketones (excluding diaryl/α,β-unsaturated/α-hetero) is 1. The standard InChI is InChI=1S/C27H35IN6O3S/c1-15(18-11-10-16(29-18)7-6-14-35)34-25-20(23(28)32-34)26(38-2)31-24(30-25)21-17-8-5-13-27(22(17)37-33-21)12-4-3-9-19(27)36/h15-16,18,29,35H,3-14H2,1-2H3/t15-,16?,18-,27+/m0/s1. The second-order valence-electron chi connectivity index (χ2n) is 11.0. The number of hydrogen-bond donors (Lipinski definition) is 2. The number of aliphatic hydroxyl groups is 1. The third kappa shape index (κ3) is 4.41. The van der Waals surface area contributed by atoms with Gasteiger partial charge in [0.25, 0.3) is 0 Å². The lowest BCUT2D eigenvalue weighted by atomic mass is 9.64. The van der Waals surface area contributed by atoms with Crippen LogP contribution in [-0.4, -0.2) is 60.7 Å². The van der Waals surface area contributed by atoms with E-state index in [-0.39, 0.29) is 18.7 Å². The van der Waals surface area contributed by atoms with Crippen LogP contribution < -0.4 is 5.32 Å². The van der Waals surface area contributed by atoms with Crippen LogP contribution >= 0.6 is 34.4 Å². The van der Waals surface area contributed by atoms with Gasteiger partial charge in [-0.3, -0.25) is 4.79 Å². The molecule has 9 nitrogen and oxygen atoms in total. The number of carbonyl (C=O) groups excluding carboxylic acids is 1. The minimum absolute atomic E-state index is 0.104. The number of hydrogen-bond acceptors (Lipinski definition) is 9. The predicted molar refractivity (Wildman–Crippen MR) is 154 cm³/mol. The van der Waals surface area contributed by atoms with Gasteiger partial charge in [0.05, 0.1) is 16.8 Å². The summed E-state index contributed by atoms with van der Waals surface area (Å²) in [6.45, 7) is 2.43. The van der Waals surface area contributed by atoms with Crippen LogP contribution in [0.25, 0.3) is 22.6 Å². The van der Waals surface area contributed by atoms with Crippen molar-refractivity contribution < 1.29 is 14.4 Å². The van der Waals surface area contributed by atoms with Crippen molar-refractivity contribution in [2.75, 3.05) is 12.9 Å². The molecule has 204 valence electrons. The largest absolute Gasteiger partial charge is 0.396 e. The fourth-order valence-electron chi connectivity index (χ4n) is 6.84. The first kappa shape index (κ1) is 26.6. The van der Waals surface area contributed by atoms with Gasteiger partial charge in [-0.05, 0) is 93.6 Å². The highest BCUT2D eigenvalue weighted by Gasteiger charge is 2.48. The fourth-order valence-corrected chi connectivity index (χ4v) is 8.32. The van der Waals surface area contributed by atoms with Gasteiger partial charge in [0.2, 0.25) is 0 Å². The molecule has 6 rings (SSSR count). The number of ketones is 1. The Morgan fingerprint density at radius 2 is 2.08 bits per heavy atom. The van der Waals surface area contributed by atoms with E-state index >= 15 is 0 Å². The summed E-state index contributed by atoms with van der Waals surface area (Å²) >= 11 is 3.88. The summed E-state index contributed by atoms with van der Waals surface area (Å²) in [6.07, 6.45) is 12.1. The Labute approximate surface area is 240 Å². The summed E-state index contributed by atoms with van der Waals surface area (Å²) in [5.41, 5.74) is 1.98. The van der Waals surface area contributed by atoms with Gasteiger partial charge < -0.3 is 14.9 Å². The molecule has 1 unspecified atom stereocenters. The molecule has 0 amide bonds. The van der Waals surface area contributed by atoms with Crippen molar-refractivity contribution in [2.45, 2.75) is 106 Å². The van der Waals surface area contributed by atoms with Crippen LogP contribution in [0.2, 0.25) is 0 Å². The zero-order valence-electron chi connectivity index (χ0n) is 22.0. The Hall–Kier alpha value is -1.57. The van der Waals surface area contributed by atoms with Gasteiger partial charge in [0, 0.05) is 30.7 Å². The minimum Gasteiger partial charge on any atom is -0.396 e. The van der Waals surface area contributed by atoms with E-state index in [1.165, 1.54) is 0 Å². The van der Waals surface area contributed by atoms with Gasteiger partial charge in [0.1, 0.15) is 14.5 Å². The lowest BCUT2D eigenvalue weighted by Crippen LogP contribution is -2.41. The van der Waals surface area contributed by atoms with Crippen LogP contribution in [-0.2, 0) is 16.6 Å². The maximum absolute atomic E-state index is 13.1. The SMILES string of the molecule is CSc1nc(-c2noc3c2CCC[C@@]32CCCCC2=O)nc2c1c(I)nn2[C@@H](C)[C@@H]1CCC(CCCO)N1. The Kier molecular flexibility index (Phi) is 7.56. The molecule has 1 spiro atoms. The lowest BCUT2D eigenvalue weighted by Gasteiger charge is -2.36. The van der Waals surface area contributed by atoms with Crippen LogP contribution in [0.15, 0.2) is 9.55 Å². The van der Waals surface area contributed by atoms with Crippen molar-refractivity contribution in [3.8, 4) is 11.5 Å². The van der Waals surface area contributed by atoms with E-state index in [1.807, 2.05) is 10.9 Å². The molecule has 3 aromatic heterocycles. The smallest absolute Gasteiger partial charge is 0.185 e. The number of fused-ring (bicyclic) bond motifs is 3. The molecular formula is C27H35IN6O3S. The molecule has 4 atom stereocenters. The van der Waals surface area contributed by atoms with Gasteiger partial charge in [-0.15, -0.1) is 11.8 Å². The highest BCUT2D eigenvalue weighted by atomic mass is 127. The number of nitrogens with zero attached hydrogens (tertiary/aromatic N) is 5. The molecule has 3 aliphatic rings. The number of aromatic nitrogens is 5. The van der Waals surface area contributed by atoms with Crippen molar-refractivity contribution in [1.82, 2.24) is 30.2 Å². The Balaban J connectivity index is 1.40. The summed E-state index contributed by atoms with van der Waals surface area (Å²) in [5, 5.41) is 24.3. The van der Waals surface area contributed by atoms with Gasteiger partial charge in [-0.1, -0.05) is 11.6 Å². The summed E-state index contributed by atoms with van der Waals surface area (Å²) in [6, 6.07) is 0.816. The van der Waals surface area contributed by atoms with E-state index in [0.29, 0.717) is 29.8 Å². The summed E-state index contributed by atoms with van der Waals surface area (Å²) in [4.78, 5) is 23.1. The van der Waals surface area contributed by atoms with Crippen molar-refractivity contribution >= 4 is 51.2 Å². The van der Waals surface area contributed by atoms with Crippen molar-refractivity contribution in [2.24, 2.45) is 0 Å². The number of carbonyl (C=O) groups is 1. The Morgan fingerprint density at radius 1 is 1.24 bits per heavy atom. The zero-order valence-corrected chi connectivity index (χ0v) is 25.0. The first-order valence-electron chi connectivity index (χ1n) is 13.9. The van der Waals surface area contributed by atoms with Crippen LogP contribution in [0.4, 0.5) is 0 Å². The molecule has 2 aliphatic carbocycles. The maximum Gasteiger partial charge on any atom is 0.185 e. The first-order valence-corrected chi connectivity index (χ1v) is 16.2. The molecule has 1 saturated carbocycles. The third-order valence-corrected chi connectivity index (χ3v) is 10.3. The number of halogens is 1. The van der Waals surface area contributed by atoms with Crippen LogP contribution in [0.5, 0.6) is 0 Å². The molecule has 4 heterocycles. The monoisotopic (exact) mass is 650 g/mol. The van der Waals surface area contributed by atoms with E-state index < -0.39 is 5.41 Å². The Morgan fingerprint density at radius 3 is 2.87 bits per heavy atom. The molecule has 38 heavy (non-hydrogen) atoms. The van der Waals surface area contributed by atoms with Crippen molar-refractivity contribution in [3.63, 3.8) is 0 Å². The van der Waals surface area contributed by atoms with Gasteiger partial charge in [-0.2, -0.15) is 5.10 Å². The van der Waals surface area contributed by atoms with Gasteiger partial charge in [0.15, 0.2) is 22.9 Å². The quantitative estimate of drug-likeness (QED) is 0.207. The highest BCUT2D eigenvalue weighted by Crippen LogP contribution is 2.47. The topological polar surface area (TPSA) is 119 Å². The molecule has 2 N–H and O–H groups in total. The second-order valence-corrected chi connectivity index (χ2v) is 12.9. The summed E-state index contributed by atoms with van der Waals surface area (Å²) < 4.78 is 8.93. The zero-order chi connectivity index (χ0) is 26.4. The van der Waals surface area contributed by atoms with Gasteiger partial charge in [-0.25, -0.2) is 14.6 Å². The van der Waals surface area contributed by atoms with E-state index in [4.69, 9.17) is 19.6 Å². The average molecular weight is 651 g/mol. The van der Waals surface area contributed by atoms with Crippen molar-refractivity contribution in [1.29, 1.82) is 0 Å². The average Bonchev–Trinajstić information content (AvgIpc) is 3.66. The van der Waals surface area contributed by atoms with E-state index in [1.54, 1.807) is 11.8 Å². The first-order chi connectivity index (χ1) is 18.5. The number of thioether (sulfide) groups is 1. The second kappa shape index (κ2) is 10.8. The Bertz CT molecular complexity index is 1360. The lowest BCUT2D eigenvalue weighted by molar-refractivity contribution is -0.128. The van der Waals surface area contributed by atoms with Gasteiger partial charge >= 0.3 is 0 Å². The highest BCUT2D eigenvalue weighted by molar-refractivity contribution is 14.1. The number of nitrogens with one attached hydrogen (secondary N) is 1. The minimum atomic E-state index is -0.518. The predicted octanol–water partition coefficient (Wildman–Crippen LogP) is 4.98. The maximum atomic E-state index is 13.1. The molecular weight excluding hydrogens is 615 g/mol. The molecule has 0 radical (unpaired) electrons.